The number of hydrogen-bond donors (Lipinski definition) is 3. The highest BCUT2D eigenvalue weighted by Crippen LogP contribution is 2.28. The number of carbonyl (C=O) groups is 2. The maximum atomic E-state index is 12.3. The smallest absolute Gasteiger partial charge is 0.265 e. The molecule has 0 saturated heterocycles. The zero-order valence-corrected chi connectivity index (χ0v) is 14.7. The van der Waals surface area contributed by atoms with E-state index < -0.39 is 5.54 Å². The molecule has 0 radical (unpaired) electrons. The molecular formula is C17H20ClN3O2S. The highest BCUT2D eigenvalue weighted by atomic mass is 35.5. The molecule has 4 N–H and O–H groups in total. The van der Waals surface area contributed by atoms with Crippen LogP contribution in [0.5, 0.6) is 0 Å². The molecule has 0 unspecified atom stereocenters. The number of thiophene rings is 1. The molecular weight excluding hydrogens is 346 g/mol. The summed E-state index contributed by atoms with van der Waals surface area (Å²) in [7, 11) is 0. The van der Waals surface area contributed by atoms with Crippen LogP contribution in [-0.4, -0.2) is 17.4 Å². The molecule has 128 valence electrons. The van der Waals surface area contributed by atoms with E-state index in [1.54, 1.807) is 30.3 Å². The van der Waals surface area contributed by atoms with E-state index in [1.165, 1.54) is 11.3 Å². The second kappa shape index (κ2) is 7.79. The number of hydrogen-bond acceptors (Lipinski definition) is 4. The minimum absolute atomic E-state index is 0. The van der Waals surface area contributed by atoms with Gasteiger partial charge in [0.15, 0.2) is 0 Å². The molecule has 0 atom stereocenters. The van der Waals surface area contributed by atoms with Crippen LogP contribution in [0.4, 0.5) is 11.4 Å². The van der Waals surface area contributed by atoms with Crippen molar-refractivity contribution in [1.82, 2.24) is 0 Å². The van der Waals surface area contributed by atoms with Crippen molar-refractivity contribution < 1.29 is 9.59 Å². The fourth-order valence-electron chi connectivity index (χ4n) is 2.73. The van der Waals surface area contributed by atoms with Gasteiger partial charge < -0.3 is 16.4 Å². The van der Waals surface area contributed by atoms with E-state index in [0.717, 1.165) is 25.7 Å². The third-order valence-corrected chi connectivity index (χ3v) is 4.96. The van der Waals surface area contributed by atoms with Gasteiger partial charge in [-0.05, 0) is 48.6 Å². The van der Waals surface area contributed by atoms with Crippen LogP contribution in [0.1, 0.15) is 35.4 Å². The predicted octanol–water partition coefficient (Wildman–Crippen LogP) is 3.63. The summed E-state index contributed by atoms with van der Waals surface area (Å²) in [5, 5.41) is 7.54. The van der Waals surface area contributed by atoms with Gasteiger partial charge in [-0.1, -0.05) is 18.9 Å². The number of halogens is 1. The maximum Gasteiger partial charge on any atom is 0.265 e. The van der Waals surface area contributed by atoms with Crippen LogP contribution >= 0.6 is 23.7 Å². The Morgan fingerprint density at radius 1 is 1.00 bits per heavy atom. The zero-order chi connectivity index (χ0) is 16.3. The first-order chi connectivity index (χ1) is 11.1. The van der Waals surface area contributed by atoms with Gasteiger partial charge >= 0.3 is 0 Å². The highest BCUT2D eigenvalue weighted by Gasteiger charge is 2.36. The van der Waals surface area contributed by atoms with Crippen LogP contribution in [0.25, 0.3) is 0 Å². The van der Waals surface area contributed by atoms with Gasteiger partial charge in [0, 0.05) is 11.4 Å². The van der Waals surface area contributed by atoms with Gasteiger partial charge in [-0.3, -0.25) is 9.59 Å². The van der Waals surface area contributed by atoms with Crippen molar-refractivity contribution in [2.75, 3.05) is 10.6 Å². The summed E-state index contributed by atoms with van der Waals surface area (Å²) in [5.74, 6) is -0.269. The Morgan fingerprint density at radius 3 is 2.12 bits per heavy atom. The van der Waals surface area contributed by atoms with Gasteiger partial charge in [0.2, 0.25) is 5.91 Å². The number of amides is 2. The van der Waals surface area contributed by atoms with E-state index in [9.17, 15) is 9.59 Å². The van der Waals surface area contributed by atoms with E-state index in [0.29, 0.717) is 16.3 Å². The first-order valence-electron chi connectivity index (χ1n) is 7.62. The summed E-state index contributed by atoms with van der Waals surface area (Å²) in [6, 6.07) is 10.7. The third-order valence-electron chi connectivity index (χ3n) is 4.09. The van der Waals surface area contributed by atoms with Crippen molar-refractivity contribution in [1.29, 1.82) is 0 Å². The van der Waals surface area contributed by atoms with Crippen molar-refractivity contribution in [2.24, 2.45) is 5.73 Å². The summed E-state index contributed by atoms with van der Waals surface area (Å²) in [6.07, 6.45) is 3.46. The fourth-order valence-corrected chi connectivity index (χ4v) is 3.34. The number of nitrogens with two attached hydrogens (primary N) is 1. The average molecular weight is 366 g/mol. The predicted molar refractivity (Wildman–Crippen MR) is 100.0 cm³/mol. The van der Waals surface area contributed by atoms with Gasteiger partial charge in [-0.2, -0.15) is 0 Å². The minimum atomic E-state index is -0.744. The summed E-state index contributed by atoms with van der Waals surface area (Å²) < 4.78 is 0. The molecule has 3 rings (SSSR count). The molecule has 1 heterocycles. The van der Waals surface area contributed by atoms with Crippen LogP contribution in [-0.2, 0) is 4.79 Å². The Balaban J connectivity index is 0.00000208. The Bertz CT molecular complexity index is 695. The lowest BCUT2D eigenvalue weighted by Gasteiger charge is -2.22. The number of nitrogens with one attached hydrogen (secondary N) is 2. The minimum Gasteiger partial charge on any atom is -0.324 e. The van der Waals surface area contributed by atoms with E-state index in [1.807, 2.05) is 11.4 Å². The highest BCUT2D eigenvalue weighted by molar-refractivity contribution is 7.12. The van der Waals surface area contributed by atoms with Gasteiger partial charge in [0.25, 0.3) is 5.91 Å². The Kier molecular flexibility index (Phi) is 5.99. The SMILES string of the molecule is Cl.NC1(C(=O)Nc2ccc(NC(=O)c3cccs3)cc2)CCCC1. The Labute approximate surface area is 151 Å². The van der Waals surface area contributed by atoms with Crippen LogP contribution in [0.2, 0.25) is 0 Å². The Hall–Kier alpha value is -1.89. The van der Waals surface area contributed by atoms with Gasteiger partial charge in [-0.25, -0.2) is 0 Å². The molecule has 7 heteroatoms. The Morgan fingerprint density at radius 2 is 1.58 bits per heavy atom. The molecule has 1 saturated carbocycles. The summed E-state index contributed by atoms with van der Waals surface area (Å²) >= 11 is 1.39. The van der Waals surface area contributed by atoms with E-state index >= 15 is 0 Å². The molecule has 1 aromatic heterocycles. The number of benzene rings is 1. The molecule has 5 nitrogen and oxygen atoms in total. The van der Waals surface area contributed by atoms with Crippen LogP contribution < -0.4 is 16.4 Å². The van der Waals surface area contributed by atoms with E-state index in [4.69, 9.17) is 5.73 Å². The normalized spacial score (nSPS) is 15.4. The van der Waals surface area contributed by atoms with E-state index in [2.05, 4.69) is 10.6 Å². The first-order valence-corrected chi connectivity index (χ1v) is 8.50. The largest absolute Gasteiger partial charge is 0.324 e. The molecule has 0 bridgehead atoms. The van der Waals surface area contributed by atoms with Gasteiger partial charge in [0.1, 0.15) is 0 Å². The first kappa shape index (κ1) is 18.4. The second-order valence-electron chi connectivity index (χ2n) is 5.83. The zero-order valence-electron chi connectivity index (χ0n) is 13.1. The number of anilines is 2. The maximum absolute atomic E-state index is 12.3. The van der Waals surface area contributed by atoms with Crippen molar-refractivity contribution in [2.45, 2.75) is 31.2 Å². The monoisotopic (exact) mass is 365 g/mol. The molecule has 24 heavy (non-hydrogen) atoms. The lowest BCUT2D eigenvalue weighted by molar-refractivity contribution is -0.121. The molecule has 2 aromatic rings. The second-order valence-corrected chi connectivity index (χ2v) is 6.77. The van der Waals surface area contributed by atoms with Crippen LogP contribution in [0.3, 0.4) is 0 Å². The van der Waals surface area contributed by atoms with Gasteiger partial charge in [0.05, 0.1) is 10.4 Å². The molecule has 1 aromatic carbocycles. The van der Waals surface area contributed by atoms with Crippen LogP contribution in [0, 0.1) is 0 Å². The van der Waals surface area contributed by atoms with Crippen molar-refractivity contribution in [3.05, 3.63) is 46.7 Å². The molecule has 1 aliphatic rings. The molecule has 1 fully saturated rings. The lowest BCUT2D eigenvalue weighted by atomic mass is 9.98. The molecule has 1 aliphatic carbocycles. The molecule has 0 aliphatic heterocycles. The van der Waals surface area contributed by atoms with E-state index in [-0.39, 0.29) is 24.2 Å². The summed E-state index contributed by atoms with van der Waals surface area (Å²) in [4.78, 5) is 24.9. The lowest BCUT2D eigenvalue weighted by Crippen LogP contribution is -2.48. The van der Waals surface area contributed by atoms with Crippen molar-refractivity contribution >= 4 is 46.9 Å². The quantitative estimate of drug-likeness (QED) is 0.773. The summed E-state index contributed by atoms with van der Waals surface area (Å²) in [5.41, 5.74) is 6.75. The van der Waals surface area contributed by atoms with Crippen molar-refractivity contribution in [3.8, 4) is 0 Å². The standard InChI is InChI=1S/C17H19N3O2S.ClH/c18-17(9-1-2-10-17)16(22)20-13-7-5-12(6-8-13)19-15(21)14-4-3-11-23-14;/h3-8,11H,1-2,9-10,18H2,(H,19,21)(H,20,22);1H. The molecule has 2 amide bonds. The number of rotatable bonds is 4. The van der Waals surface area contributed by atoms with Crippen molar-refractivity contribution in [3.63, 3.8) is 0 Å². The van der Waals surface area contributed by atoms with Crippen LogP contribution in [0.15, 0.2) is 41.8 Å². The third kappa shape index (κ3) is 4.14. The average Bonchev–Trinajstić information content (AvgIpc) is 3.21. The number of carbonyl (C=O) groups excluding carboxylic acids is 2. The fraction of sp³-hybridized carbons (Fsp3) is 0.294. The summed E-state index contributed by atoms with van der Waals surface area (Å²) in [6.45, 7) is 0. The molecule has 0 spiro atoms. The van der Waals surface area contributed by atoms with Gasteiger partial charge in [-0.15, -0.1) is 23.7 Å². The topological polar surface area (TPSA) is 84.2 Å².